The predicted octanol–water partition coefficient (Wildman–Crippen LogP) is 2.99. The summed E-state index contributed by atoms with van der Waals surface area (Å²) < 4.78 is 0. The average molecular weight is 210 g/mol. The van der Waals surface area contributed by atoms with Crippen LogP contribution < -0.4 is 0 Å². The minimum Gasteiger partial charge on any atom is -0.147 e. The molecule has 1 aromatic carbocycles. The molecular formula is C7H10BrCl. The van der Waals surface area contributed by atoms with Gasteiger partial charge in [0.05, 0.1) is 0 Å². The number of hydrogen-bond acceptors (Lipinski definition) is 0. The summed E-state index contributed by atoms with van der Waals surface area (Å²) in [5.74, 6) is 0. The molecule has 1 aromatic rings. The van der Waals surface area contributed by atoms with Crippen LogP contribution in [0, 0.1) is 6.92 Å². The van der Waals surface area contributed by atoms with E-state index in [9.17, 15) is 0 Å². The zero-order valence-electron chi connectivity index (χ0n) is 5.20. The predicted molar refractivity (Wildman–Crippen MR) is 48.7 cm³/mol. The number of rotatable bonds is 0. The van der Waals surface area contributed by atoms with Crippen molar-refractivity contribution < 1.29 is 0 Å². The quantitative estimate of drug-likeness (QED) is 0.616. The molecule has 1 rings (SSSR count). The minimum atomic E-state index is 0. The fourth-order valence-corrected chi connectivity index (χ4v) is 0.534. The van der Waals surface area contributed by atoms with Gasteiger partial charge in [-0.15, -0.1) is 29.4 Å². The van der Waals surface area contributed by atoms with Gasteiger partial charge in [0.2, 0.25) is 0 Å². The number of aryl methyl sites for hydroxylation is 1. The summed E-state index contributed by atoms with van der Waals surface area (Å²) in [4.78, 5) is 0. The number of benzene rings is 1. The van der Waals surface area contributed by atoms with Crippen LogP contribution in [0.15, 0.2) is 30.3 Å². The van der Waals surface area contributed by atoms with Gasteiger partial charge in [-0.1, -0.05) is 35.9 Å². The van der Waals surface area contributed by atoms with E-state index >= 15 is 0 Å². The van der Waals surface area contributed by atoms with Crippen LogP contribution in [-0.4, -0.2) is 0 Å². The van der Waals surface area contributed by atoms with Crippen molar-refractivity contribution in [2.75, 3.05) is 0 Å². The maximum atomic E-state index is 2.08. The Hall–Kier alpha value is -0.0100. The van der Waals surface area contributed by atoms with Crippen molar-refractivity contribution in [1.82, 2.24) is 0 Å². The van der Waals surface area contributed by atoms with E-state index in [2.05, 4.69) is 19.1 Å². The van der Waals surface area contributed by atoms with Gasteiger partial charge in [0, 0.05) is 0 Å². The fraction of sp³-hybridized carbons (Fsp3) is 0.143. The lowest BCUT2D eigenvalue weighted by molar-refractivity contribution is 1.48. The summed E-state index contributed by atoms with van der Waals surface area (Å²) in [6, 6.07) is 10.3. The molecule has 0 atom stereocenters. The van der Waals surface area contributed by atoms with Crippen molar-refractivity contribution in [1.29, 1.82) is 0 Å². The van der Waals surface area contributed by atoms with E-state index in [0.29, 0.717) is 0 Å². The summed E-state index contributed by atoms with van der Waals surface area (Å²) >= 11 is 0. The van der Waals surface area contributed by atoms with E-state index in [0.717, 1.165) is 0 Å². The normalized spacial score (nSPS) is 6.78. The average Bonchev–Trinajstić information content (AvgIpc) is 1.69. The molecule has 52 valence electrons. The van der Waals surface area contributed by atoms with Crippen LogP contribution in [0.4, 0.5) is 0 Å². The largest absolute Gasteiger partial charge is 0.147 e. The van der Waals surface area contributed by atoms with Crippen LogP contribution in [-0.2, 0) is 0 Å². The second kappa shape index (κ2) is 6.12. The lowest BCUT2D eigenvalue weighted by Gasteiger charge is -1.82. The van der Waals surface area contributed by atoms with Gasteiger partial charge in [0.25, 0.3) is 0 Å². The molecule has 0 nitrogen and oxygen atoms in total. The van der Waals surface area contributed by atoms with Crippen molar-refractivity contribution in [2.45, 2.75) is 6.92 Å². The van der Waals surface area contributed by atoms with Crippen LogP contribution in [0.2, 0.25) is 0 Å². The zero-order chi connectivity index (χ0) is 5.11. The van der Waals surface area contributed by atoms with Crippen molar-refractivity contribution in [2.24, 2.45) is 0 Å². The first-order chi connectivity index (χ1) is 3.39. The third-order valence-corrected chi connectivity index (χ3v) is 0.940. The summed E-state index contributed by atoms with van der Waals surface area (Å²) in [5, 5.41) is 0. The molecule has 9 heavy (non-hydrogen) atoms. The van der Waals surface area contributed by atoms with E-state index in [1.54, 1.807) is 0 Å². The Morgan fingerprint density at radius 1 is 1.00 bits per heavy atom. The Morgan fingerprint density at radius 2 is 1.44 bits per heavy atom. The second-order valence-electron chi connectivity index (χ2n) is 1.65. The van der Waals surface area contributed by atoms with Crippen LogP contribution in [0.25, 0.3) is 0 Å². The highest BCUT2D eigenvalue weighted by Gasteiger charge is 1.72. The molecule has 0 N–H and O–H groups in total. The molecule has 0 aromatic heterocycles. The molecule has 0 heterocycles. The van der Waals surface area contributed by atoms with Gasteiger partial charge in [-0.25, -0.2) is 0 Å². The minimum absolute atomic E-state index is 0. The van der Waals surface area contributed by atoms with Gasteiger partial charge in [-0.2, -0.15) is 0 Å². The SMILES string of the molecule is Br.Cc1ccccc1.Cl. The van der Waals surface area contributed by atoms with Crippen LogP contribution >= 0.6 is 29.4 Å². The second-order valence-corrected chi connectivity index (χ2v) is 1.65. The van der Waals surface area contributed by atoms with Crippen molar-refractivity contribution in [3.8, 4) is 0 Å². The molecule has 0 spiro atoms. The third kappa shape index (κ3) is 4.49. The lowest BCUT2D eigenvalue weighted by Crippen LogP contribution is -1.62. The van der Waals surface area contributed by atoms with Crippen LogP contribution in [0.1, 0.15) is 5.56 Å². The van der Waals surface area contributed by atoms with Gasteiger partial charge in [0.1, 0.15) is 0 Å². The highest BCUT2D eigenvalue weighted by atomic mass is 79.9. The fourth-order valence-electron chi connectivity index (χ4n) is 0.534. The molecule has 0 bridgehead atoms. The maximum Gasteiger partial charge on any atom is -0.0398 e. The molecule has 0 unspecified atom stereocenters. The molecule has 0 saturated carbocycles. The van der Waals surface area contributed by atoms with Gasteiger partial charge < -0.3 is 0 Å². The van der Waals surface area contributed by atoms with Gasteiger partial charge >= 0.3 is 0 Å². The molecule has 0 radical (unpaired) electrons. The Bertz CT molecular complexity index is 139. The van der Waals surface area contributed by atoms with Crippen molar-refractivity contribution in [3.05, 3.63) is 35.9 Å². The molecule has 0 fully saturated rings. The molecule has 0 aliphatic rings. The Labute approximate surface area is 72.5 Å². The highest BCUT2D eigenvalue weighted by Crippen LogP contribution is 1.92. The highest BCUT2D eigenvalue weighted by molar-refractivity contribution is 8.93. The first-order valence-corrected chi connectivity index (χ1v) is 2.41. The van der Waals surface area contributed by atoms with Crippen LogP contribution in [0.5, 0.6) is 0 Å². The van der Waals surface area contributed by atoms with Crippen molar-refractivity contribution >= 4 is 29.4 Å². The molecule has 2 heteroatoms. The molecule has 0 aliphatic carbocycles. The zero-order valence-corrected chi connectivity index (χ0v) is 7.73. The topological polar surface area (TPSA) is 0 Å². The Balaban J connectivity index is 0. The Morgan fingerprint density at radius 3 is 1.67 bits per heavy atom. The Kier molecular flexibility index (Phi) is 7.98. The monoisotopic (exact) mass is 208 g/mol. The van der Waals surface area contributed by atoms with E-state index < -0.39 is 0 Å². The summed E-state index contributed by atoms with van der Waals surface area (Å²) in [7, 11) is 0. The maximum absolute atomic E-state index is 2.08. The van der Waals surface area contributed by atoms with E-state index in [4.69, 9.17) is 0 Å². The van der Waals surface area contributed by atoms with Gasteiger partial charge in [0.15, 0.2) is 0 Å². The van der Waals surface area contributed by atoms with E-state index in [1.165, 1.54) is 5.56 Å². The molecule has 0 saturated heterocycles. The first kappa shape index (κ1) is 11.7. The smallest absolute Gasteiger partial charge is 0.0398 e. The first-order valence-electron chi connectivity index (χ1n) is 2.41. The third-order valence-electron chi connectivity index (χ3n) is 0.940. The number of halogens is 2. The number of hydrogen-bond donors (Lipinski definition) is 0. The van der Waals surface area contributed by atoms with E-state index in [-0.39, 0.29) is 29.4 Å². The van der Waals surface area contributed by atoms with Gasteiger partial charge in [-0.3, -0.25) is 0 Å². The molecule has 0 aliphatic heterocycles. The summed E-state index contributed by atoms with van der Waals surface area (Å²) in [6.07, 6.45) is 0. The summed E-state index contributed by atoms with van der Waals surface area (Å²) in [6.45, 7) is 2.08. The standard InChI is InChI=1S/C7H8.BrH.ClH/c1-7-5-3-2-4-6-7;;/h2-6H,1H3;2*1H. The lowest BCUT2D eigenvalue weighted by atomic mass is 10.2. The molecular weight excluding hydrogens is 199 g/mol. The summed E-state index contributed by atoms with van der Waals surface area (Å²) in [5.41, 5.74) is 1.32. The van der Waals surface area contributed by atoms with Crippen molar-refractivity contribution in [3.63, 3.8) is 0 Å². The van der Waals surface area contributed by atoms with Crippen LogP contribution in [0.3, 0.4) is 0 Å². The van der Waals surface area contributed by atoms with Gasteiger partial charge in [-0.05, 0) is 6.92 Å². The van der Waals surface area contributed by atoms with E-state index in [1.807, 2.05) is 18.2 Å². The molecule has 0 amide bonds.